The van der Waals surface area contributed by atoms with Crippen LogP contribution in [-0.4, -0.2) is 40.1 Å². The Morgan fingerprint density at radius 2 is 2.04 bits per heavy atom. The number of hydrogen-bond donors (Lipinski definition) is 2. The van der Waals surface area contributed by atoms with Gasteiger partial charge in [0.25, 0.3) is 0 Å². The van der Waals surface area contributed by atoms with Crippen molar-refractivity contribution in [3.05, 3.63) is 42.5 Å². The largest absolute Gasteiger partial charge is 0.356 e. The molecule has 0 aliphatic carbocycles. The molecule has 2 aromatic rings. The van der Waals surface area contributed by atoms with Crippen molar-refractivity contribution in [2.75, 3.05) is 19.3 Å². The summed E-state index contributed by atoms with van der Waals surface area (Å²) in [6.45, 7) is 1.49. The Kier molecular flexibility index (Phi) is 9.69. The molecule has 0 radical (unpaired) electrons. The third kappa shape index (κ3) is 7.21. The van der Waals surface area contributed by atoms with Crippen LogP contribution in [0.25, 0.3) is 0 Å². The minimum Gasteiger partial charge on any atom is -0.356 e. The zero-order chi connectivity index (χ0) is 15.6. The molecule has 0 atom stereocenters. The molecular formula is C15H23IN6S. The molecule has 0 spiro atoms. The second kappa shape index (κ2) is 11.3. The van der Waals surface area contributed by atoms with Crippen LogP contribution < -0.4 is 10.6 Å². The SMILES string of the molecule is CN=C(NCCCSc1ccccc1)NCc1ncnn1C.I. The maximum atomic E-state index is 4.20. The third-order valence-corrected chi connectivity index (χ3v) is 4.17. The Balaban J connectivity index is 0.00000264. The Morgan fingerprint density at radius 3 is 2.70 bits per heavy atom. The van der Waals surface area contributed by atoms with Gasteiger partial charge in [0.05, 0.1) is 6.54 Å². The van der Waals surface area contributed by atoms with Gasteiger partial charge in [-0.3, -0.25) is 9.67 Å². The molecule has 8 heteroatoms. The van der Waals surface area contributed by atoms with Crippen molar-refractivity contribution in [3.8, 4) is 0 Å². The molecule has 2 rings (SSSR count). The van der Waals surface area contributed by atoms with Crippen LogP contribution in [0.15, 0.2) is 46.5 Å². The highest BCUT2D eigenvalue weighted by Gasteiger charge is 2.02. The molecule has 1 aromatic carbocycles. The Labute approximate surface area is 158 Å². The summed E-state index contributed by atoms with van der Waals surface area (Å²) in [5.74, 6) is 2.74. The molecule has 0 unspecified atom stereocenters. The zero-order valence-corrected chi connectivity index (χ0v) is 16.5. The van der Waals surface area contributed by atoms with Crippen LogP contribution >= 0.6 is 35.7 Å². The lowest BCUT2D eigenvalue weighted by atomic mass is 10.4. The molecule has 0 amide bonds. The summed E-state index contributed by atoms with van der Waals surface area (Å²) >= 11 is 1.87. The maximum absolute atomic E-state index is 4.20. The number of aliphatic imine (C=N–C) groups is 1. The molecule has 0 fully saturated rings. The molecular weight excluding hydrogens is 423 g/mol. The zero-order valence-electron chi connectivity index (χ0n) is 13.4. The van der Waals surface area contributed by atoms with Crippen LogP contribution in [0.3, 0.4) is 0 Å². The fourth-order valence-electron chi connectivity index (χ4n) is 1.85. The minimum atomic E-state index is 0. The quantitative estimate of drug-likeness (QED) is 0.225. The summed E-state index contributed by atoms with van der Waals surface area (Å²) in [5.41, 5.74) is 0. The van der Waals surface area contributed by atoms with E-state index in [9.17, 15) is 0 Å². The molecule has 1 heterocycles. The van der Waals surface area contributed by atoms with Gasteiger partial charge >= 0.3 is 0 Å². The number of rotatable bonds is 7. The van der Waals surface area contributed by atoms with Crippen molar-refractivity contribution in [2.24, 2.45) is 12.0 Å². The molecule has 23 heavy (non-hydrogen) atoms. The lowest BCUT2D eigenvalue weighted by Crippen LogP contribution is -2.38. The highest BCUT2D eigenvalue weighted by atomic mass is 127. The monoisotopic (exact) mass is 446 g/mol. The Morgan fingerprint density at radius 1 is 1.26 bits per heavy atom. The van der Waals surface area contributed by atoms with E-state index in [0.717, 1.165) is 30.5 Å². The molecule has 0 saturated carbocycles. The number of thioether (sulfide) groups is 1. The van der Waals surface area contributed by atoms with E-state index < -0.39 is 0 Å². The standard InChI is InChI=1S/C15H22N6S.HI/c1-16-15(18-11-14-19-12-20-21(14)2)17-9-6-10-22-13-7-4-3-5-8-13;/h3-5,7-8,12H,6,9-11H2,1-2H3,(H2,16,17,18);1H. The van der Waals surface area contributed by atoms with Crippen molar-refractivity contribution in [1.29, 1.82) is 0 Å². The summed E-state index contributed by atoms with van der Waals surface area (Å²) in [6, 6.07) is 10.5. The number of guanidine groups is 1. The van der Waals surface area contributed by atoms with Crippen molar-refractivity contribution >= 4 is 41.7 Å². The summed E-state index contributed by atoms with van der Waals surface area (Å²) in [5, 5.41) is 10.6. The first-order valence-electron chi connectivity index (χ1n) is 7.25. The predicted octanol–water partition coefficient (Wildman–Crippen LogP) is 2.28. The highest BCUT2D eigenvalue weighted by Crippen LogP contribution is 2.17. The predicted molar refractivity (Wildman–Crippen MR) is 106 cm³/mol. The van der Waals surface area contributed by atoms with E-state index >= 15 is 0 Å². The van der Waals surface area contributed by atoms with E-state index in [1.165, 1.54) is 4.90 Å². The van der Waals surface area contributed by atoms with Gasteiger partial charge in [0.2, 0.25) is 0 Å². The van der Waals surface area contributed by atoms with Crippen LogP contribution in [0.4, 0.5) is 0 Å². The molecule has 0 aliphatic rings. The molecule has 2 N–H and O–H groups in total. The lowest BCUT2D eigenvalue weighted by molar-refractivity contribution is 0.672. The van der Waals surface area contributed by atoms with Gasteiger partial charge in [-0.25, -0.2) is 4.98 Å². The molecule has 0 bridgehead atoms. The number of nitrogens with one attached hydrogen (secondary N) is 2. The van der Waals surface area contributed by atoms with Gasteiger partial charge in [0, 0.05) is 25.5 Å². The molecule has 6 nitrogen and oxygen atoms in total. The van der Waals surface area contributed by atoms with Crippen molar-refractivity contribution in [1.82, 2.24) is 25.4 Å². The molecule has 0 aliphatic heterocycles. The van der Waals surface area contributed by atoms with Crippen molar-refractivity contribution < 1.29 is 0 Å². The van der Waals surface area contributed by atoms with Gasteiger partial charge < -0.3 is 10.6 Å². The van der Waals surface area contributed by atoms with Crippen molar-refractivity contribution in [2.45, 2.75) is 17.9 Å². The average molecular weight is 446 g/mol. The van der Waals surface area contributed by atoms with Crippen molar-refractivity contribution in [3.63, 3.8) is 0 Å². The second-order valence-electron chi connectivity index (χ2n) is 4.67. The van der Waals surface area contributed by atoms with Gasteiger partial charge in [0.15, 0.2) is 5.96 Å². The molecule has 126 valence electrons. The highest BCUT2D eigenvalue weighted by molar-refractivity contribution is 14.0. The van der Waals surface area contributed by atoms with Crippen LogP contribution in [0.2, 0.25) is 0 Å². The summed E-state index contributed by atoms with van der Waals surface area (Å²) in [4.78, 5) is 9.68. The number of nitrogens with zero attached hydrogens (tertiary/aromatic N) is 4. The van der Waals surface area contributed by atoms with E-state index in [-0.39, 0.29) is 24.0 Å². The second-order valence-corrected chi connectivity index (χ2v) is 5.84. The summed E-state index contributed by atoms with van der Waals surface area (Å²) in [7, 11) is 3.64. The van der Waals surface area contributed by atoms with Crippen LogP contribution in [-0.2, 0) is 13.6 Å². The van der Waals surface area contributed by atoms with Crippen LogP contribution in [0.1, 0.15) is 12.2 Å². The van der Waals surface area contributed by atoms with E-state index in [4.69, 9.17) is 0 Å². The topological polar surface area (TPSA) is 67.1 Å². The third-order valence-electron chi connectivity index (χ3n) is 3.07. The maximum Gasteiger partial charge on any atom is 0.191 e. The fraction of sp³-hybridized carbons (Fsp3) is 0.400. The molecule has 0 saturated heterocycles. The van der Waals surface area contributed by atoms with Crippen LogP contribution in [0.5, 0.6) is 0 Å². The lowest BCUT2D eigenvalue weighted by Gasteiger charge is -2.11. The average Bonchev–Trinajstić information content (AvgIpc) is 2.96. The first-order valence-corrected chi connectivity index (χ1v) is 8.23. The van der Waals surface area contributed by atoms with E-state index in [1.54, 1.807) is 18.1 Å². The fourth-order valence-corrected chi connectivity index (χ4v) is 2.72. The van der Waals surface area contributed by atoms with Gasteiger partial charge in [-0.1, -0.05) is 18.2 Å². The Hall–Kier alpha value is -1.29. The normalized spacial score (nSPS) is 11.0. The van der Waals surface area contributed by atoms with Gasteiger partial charge in [-0.2, -0.15) is 5.10 Å². The van der Waals surface area contributed by atoms with Gasteiger partial charge in [-0.15, -0.1) is 35.7 Å². The van der Waals surface area contributed by atoms with E-state index in [2.05, 4.69) is 50.0 Å². The first kappa shape index (κ1) is 19.8. The number of benzene rings is 1. The number of halogens is 1. The summed E-state index contributed by atoms with van der Waals surface area (Å²) in [6.07, 6.45) is 2.62. The number of hydrogen-bond acceptors (Lipinski definition) is 4. The first-order chi connectivity index (χ1) is 10.8. The molecule has 1 aromatic heterocycles. The number of aryl methyl sites for hydroxylation is 1. The van der Waals surface area contributed by atoms with Crippen LogP contribution in [0, 0.1) is 0 Å². The number of aromatic nitrogens is 3. The Bertz CT molecular complexity index is 587. The minimum absolute atomic E-state index is 0. The van der Waals surface area contributed by atoms with Gasteiger partial charge in [-0.05, 0) is 24.3 Å². The van der Waals surface area contributed by atoms with Gasteiger partial charge in [0.1, 0.15) is 12.2 Å². The van der Waals surface area contributed by atoms with E-state index in [0.29, 0.717) is 6.54 Å². The van der Waals surface area contributed by atoms with E-state index in [1.807, 2.05) is 24.9 Å². The smallest absolute Gasteiger partial charge is 0.191 e. The summed E-state index contributed by atoms with van der Waals surface area (Å²) < 4.78 is 1.75.